The molecular formula is C26H24N6O4. The van der Waals surface area contributed by atoms with E-state index in [1.807, 2.05) is 4.90 Å². The van der Waals surface area contributed by atoms with Crippen molar-refractivity contribution >= 4 is 23.5 Å². The maximum Gasteiger partial charge on any atom is 0.261 e. The smallest absolute Gasteiger partial charge is 0.261 e. The molecule has 1 aliphatic rings. The third-order valence-electron chi connectivity index (χ3n) is 5.98. The van der Waals surface area contributed by atoms with Gasteiger partial charge in [-0.25, -0.2) is 9.97 Å². The Bertz CT molecular complexity index is 1390. The van der Waals surface area contributed by atoms with Crippen LogP contribution in [-0.2, 0) is 11.2 Å². The molecule has 0 radical (unpaired) electrons. The number of nitrogens with one attached hydrogen (secondary N) is 2. The Morgan fingerprint density at radius 3 is 2.36 bits per heavy atom. The van der Waals surface area contributed by atoms with Crippen molar-refractivity contribution in [2.75, 3.05) is 36.4 Å². The average Bonchev–Trinajstić information content (AvgIpc) is 3.45. The lowest BCUT2D eigenvalue weighted by Gasteiger charge is -2.34. The van der Waals surface area contributed by atoms with E-state index in [2.05, 4.69) is 25.2 Å². The summed E-state index contributed by atoms with van der Waals surface area (Å²) >= 11 is 0. The molecule has 5 rings (SSSR count). The average molecular weight is 485 g/mol. The van der Waals surface area contributed by atoms with Crippen molar-refractivity contribution in [3.63, 3.8) is 0 Å². The van der Waals surface area contributed by atoms with Gasteiger partial charge in [0.05, 0.1) is 18.4 Å². The maximum atomic E-state index is 12.8. The summed E-state index contributed by atoms with van der Waals surface area (Å²) in [4.78, 5) is 52.9. The monoisotopic (exact) mass is 484 g/mol. The zero-order valence-electron chi connectivity index (χ0n) is 19.4. The lowest BCUT2D eigenvalue weighted by Crippen LogP contribution is -2.49. The molecule has 10 heteroatoms. The first-order valence-corrected chi connectivity index (χ1v) is 11.5. The van der Waals surface area contributed by atoms with Gasteiger partial charge in [0.25, 0.3) is 11.5 Å². The van der Waals surface area contributed by atoms with E-state index in [1.54, 1.807) is 60.9 Å². The van der Waals surface area contributed by atoms with Crippen molar-refractivity contribution in [2.24, 2.45) is 0 Å². The molecule has 1 saturated heterocycles. The number of anilines is 2. The van der Waals surface area contributed by atoms with E-state index in [-0.39, 0.29) is 17.9 Å². The van der Waals surface area contributed by atoms with Crippen LogP contribution < -0.4 is 15.8 Å². The molecule has 0 atom stereocenters. The number of rotatable bonds is 6. The molecule has 36 heavy (non-hydrogen) atoms. The third-order valence-corrected chi connectivity index (χ3v) is 5.98. The Kier molecular flexibility index (Phi) is 6.57. The molecule has 0 unspecified atom stereocenters. The number of benzene rings is 1. The molecule has 1 aromatic carbocycles. The number of piperazine rings is 1. The Morgan fingerprint density at radius 2 is 1.69 bits per heavy atom. The molecule has 2 N–H and O–H groups in total. The van der Waals surface area contributed by atoms with E-state index in [0.29, 0.717) is 49.3 Å². The first-order chi connectivity index (χ1) is 17.6. The number of aromatic nitrogens is 3. The van der Waals surface area contributed by atoms with Crippen LogP contribution in [0, 0.1) is 0 Å². The highest BCUT2D eigenvalue weighted by Gasteiger charge is 2.22. The van der Waals surface area contributed by atoms with Crippen LogP contribution in [0.3, 0.4) is 0 Å². The van der Waals surface area contributed by atoms with Crippen LogP contribution in [0.5, 0.6) is 0 Å². The Labute approximate surface area is 206 Å². The Hall–Kier alpha value is -4.73. The number of nitrogens with zero attached hydrogens (tertiary/aromatic N) is 4. The minimum absolute atomic E-state index is 0.00962. The molecule has 0 saturated carbocycles. The Balaban J connectivity index is 1.15. The van der Waals surface area contributed by atoms with Gasteiger partial charge in [-0.2, -0.15) is 0 Å². The summed E-state index contributed by atoms with van der Waals surface area (Å²) in [6.07, 6.45) is 5.20. The molecule has 182 valence electrons. The van der Waals surface area contributed by atoms with Crippen molar-refractivity contribution < 1.29 is 14.0 Å². The van der Waals surface area contributed by atoms with Crippen LogP contribution in [0.25, 0.3) is 11.5 Å². The number of hydrogen-bond acceptors (Lipinski definition) is 7. The van der Waals surface area contributed by atoms with Crippen molar-refractivity contribution in [2.45, 2.75) is 6.42 Å². The van der Waals surface area contributed by atoms with E-state index in [4.69, 9.17) is 4.42 Å². The van der Waals surface area contributed by atoms with Gasteiger partial charge in [-0.3, -0.25) is 14.4 Å². The predicted molar refractivity (Wildman–Crippen MR) is 134 cm³/mol. The maximum absolute atomic E-state index is 12.8. The predicted octanol–water partition coefficient (Wildman–Crippen LogP) is 2.57. The number of carbonyl (C=O) groups excluding carboxylic acids is 2. The molecule has 0 spiro atoms. The largest absolute Gasteiger partial charge is 0.463 e. The minimum Gasteiger partial charge on any atom is -0.463 e. The van der Waals surface area contributed by atoms with Gasteiger partial charge in [-0.05, 0) is 48.0 Å². The standard InChI is InChI=1S/C26H24N6O4/c33-23(31-12-14-32(15-13-31)26-27-10-2-11-28-26)17-18-4-6-19(7-5-18)29-24(34)20-8-9-21(30-25(20)35)22-3-1-16-36-22/h1-11,16H,12-15,17H2,(H,29,34)(H,30,35). The van der Waals surface area contributed by atoms with E-state index in [9.17, 15) is 14.4 Å². The van der Waals surface area contributed by atoms with Gasteiger partial charge in [0.2, 0.25) is 11.9 Å². The van der Waals surface area contributed by atoms with Gasteiger partial charge in [-0.15, -0.1) is 0 Å². The third kappa shape index (κ3) is 5.17. The lowest BCUT2D eigenvalue weighted by molar-refractivity contribution is -0.130. The van der Waals surface area contributed by atoms with Gasteiger partial charge in [0.1, 0.15) is 11.3 Å². The topological polar surface area (TPSA) is 124 Å². The fourth-order valence-electron chi connectivity index (χ4n) is 4.03. The summed E-state index contributed by atoms with van der Waals surface area (Å²) in [6.45, 7) is 2.58. The summed E-state index contributed by atoms with van der Waals surface area (Å²) in [5.41, 5.74) is 1.34. The zero-order chi connectivity index (χ0) is 24.9. The van der Waals surface area contributed by atoms with Crippen LogP contribution in [0.15, 0.2) is 82.5 Å². The molecule has 4 heterocycles. The van der Waals surface area contributed by atoms with Crippen LogP contribution in [-0.4, -0.2) is 57.8 Å². The normalized spacial score (nSPS) is 13.4. The van der Waals surface area contributed by atoms with E-state index in [1.165, 1.54) is 12.3 Å². The highest BCUT2D eigenvalue weighted by atomic mass is 16.3. The summed E-state index contributed by atoms with van der Waals surface area (Å²) in [5.74, 6) is 0.712. The fraction of sp³-hybridized carbons (Fsp3) is 0.192. The molecule has 1 aliphatic heterocycles. The quantitative estimate of drug-likeness (QED) is 0.431. The molecular weight excluding hydrogens is 460 g/mol. The van der Waals surface area contributed by atoms with Crippen molar-refractivity contribution in [1.82, 2.24) is 19.9 Å². The van der Waals surface area contributed by atoms with Gasteiger partial charge >= 0.3 is 0 Å². The summed E-state index contributed by atoms with van der Waals surface area (Å²) in [7, 11) is 0. The molecule has 0 aliphatic carbocycles. The van der Waals surface area contributed by atoms with Gasteiger partial charge < -0.3 is 24.5 Å². The number of pyridine rings is 1. The van der Waals surface area contributed by atoms with Crippen molar-refractivity contribution in [1.29, 1.82) is 0 Å². The number of H-pyrrole nitrogens is 1. The molecule has 10 nitrogen and oxygen atoms in total. The number of amides is 2. The Morgan fingerprint density at radius 1 is 0.944 bits per heavy atom. The van der Waals surface area contributed by atoms with Crippen molar-refractivity contribution in [3.05, 3.63) is 94.7 Å². The first kappa shape index (κ1) is 23.0. The van der Waals surface area contributed by atoms with E-state index >= 15 is 0 Å². The van der Waals surface area contributed by atoms with Gasteiger partial charge in [0.15, 0.2) is 0 Å². The summed E-state index contributed by atoms with van der Waals surface area (Å²) < 4.78 is 5.27. The second-order valence-corrected chi connectivity index (χ2v) is 8.34. The number of hydrogen-bond donors (Lipinski definition) is 2. The van der Waals surface area contributed by atoms with Crippen LogP contribution in [0.1, 0.15) is 15.9 Å². The van der Waals surface area contributed by atoms with Crippen LogP contribution in [0.2, 0.25) is 0 Å². The second-order valence-electron chi connectivity index (χ2n) is 8.34. The van der Waals surface area contributed by atoms with Gasteiger partial charge in [0, 0.05) is 44.3 Å². The first-order valence-electron chi connectivity index (χ1n) is 11.5. The summed E-state index contributed by atoms with van der Waals surface area (Å²) in [5, 5.41) is 2.72. The molecule has 3 aromatic heterocycles. The number of aromatic amines is 1. The van der Waals surface area contributed by atoms with Crippen LogP contribution in [0.4, 0.5) is 11.6 Å². The lowest BCUT2D eigenvalue weighted by atomic mass is 10.1. The van der Waals surface area contributed by atoms with Crippen LogP contribution >= 0.6 is 0 Å². The molecule has 0 bridgehead atoms. The highest BCUT2D eigenvalue weighted by Crippen LogP contribution is 2.17. The SMILES string of the molecule is O=C(Nc1ccc(CC(=O)N2CCN(c3ncccn3)CC2)cc1)c1ccc(-c2ccco2)[nH]c1=O. The van der Waals surface area contributed by atoms with E-state index < -0.39 is 11.5 Å². The van der Waals surface area contributed by atoms with Gasteiger partial charge in [-0.1, -0.05) is 12.1 Å². The van der Waals surface area contributed by atoms with Crippen molar-refractivity contribution in [3.8, 4) is 11.5 Å². The zero-order valence-corrected chi connectivity index (χ0v) is 19.4. The molecule has 4 aromatic rings. The van der Waals surface area contributed by atoms with E-state index in [0.717, 1.165) is 5.56 Å². The number of carbonyl (C=O) groups is 2. The second kappa shape index (κ2) is 10.3. The molecule has 1 fully saturated rings. The highest BCUT2D eigenvalue weighted by molar-refractivity contribution is 6.04. The summed E-state index contributed by atoms with van der Waals surface area (Å²) in [6, 6.07) is 15.3. The molecule has 2 amide bonds. The number of furan rings is 1. The minimum atomic E-state index is -0.522. The fourth-order valence-corrected chi connectivity index (χ4v) is 4.03.